The van der Waals surface area contributed by atoms with Gasteiger partial charge in [-0.15, -0.1) is 10.2 Å². The first-order valence-corrected chi connectivity index (χ1v) is 8.86. The fourth-order valence-corrected chi connectivity index (χ4v) is 3.30. The Morgan fingerprint density at radius 1 is 1.15 bits per heavy atom. The van der Waals surface area contributed by atoms with E-state index >= 15 is 0 Å². The summed E-state index contributed by atoms with van der Waals surface area (Å²) in [5.41, 5.74) is 2.41. The highest BCUT2D eigenvalue weighted by atomic mass is 16.5. The molecule has 1 N–H and O–H groups in total. The van der Waals surface area contributed by atoms with Gasteiger partial charge in [-0.25, -0.2) is 0 Å². The lowest BCUT2D eigenvalue weighted by atomic mass is 10.1. The molecular formula is C20H21N5O2. The molecule has 0 saturated heterocycles. The molecule has 7 nitrogen and oxygen atoms in total. The minimum Gasteiger partial charge on any atom is -0.383 e. The number of nitrogens with one attached hydrogen (secondary N) is 1. The zero-order valence-corrected chi connectivity index (χ0v) is 15.3. The summed E-state index contributed by atoms with van der Waals surface area (Å²) >= 11 is 0. The molecule has 0 aliphatic heterocycles. The molecule has 4 aromatic rings. The van der Waals surface area contributed by atoms with Crippen LogP contribution < -0.4 is 5.32 Å². The number of methoxy groups -OCH3 is 1. The van der Waals surface area contributed by atoms with Crippen LogP contribution in [0.4, 0.5) is 0 Å². The van der Waals surface area contributed by atoms with Gasteiger partial charge in [-0.05, 0) is 37.3 Å². The third-order valence-corrected chi connectivity index (χ3v) is 4.67. The SMILES string of the molecule is COCCn1ccc2c(C(=O)N[C@@H](C)c3nnc4ccccn34)cccc21. The molecular weight excluding hydrogens is 342 g/mol. The summed E-state index contributed by atoms with van der Waals surface area (Å²) in [5, 5.41) is 12.3. The number of carbonyl (C=O) groups excluding carboxylic acids is 1. The number of ether oxygens (including phenoxy) is 1. The second kappa shape index (κ2) is 7.20. The summed E-state index contributed by atoms with van der Waals surface area (Å²) in [4.78, 5) is 12.9. The van der Waals surface area contributed by atoms with Crippen molar-refractivity contribution in [2.75, 3.05) is 13.7 Å². The van der Waals surface area contributed by atoms with Crippen molar-refractivity contribution in [2.24, 2.45) is 0 Å². The Hall–Kier alpha value is -3.19. The summed E-state index contributed by atoms with van der Waals surface area (Å²) in [6.07, 6.45) is 3.87. The molecule has 0 bridgehead atoms. The first-order valence-electron chi connectivity index (χ1n) is 8.86. The lowest BCUT2D eigenvalue weighted by Crippen LogP contribution is -2.28. The van der Waals surface area contributed by atoms with Gasteiger partial charge in [0.05, 0.1) is 12.6 Å². The molecule has 0 saturated carbocycles. The highest BCUT2D eigenvalue weighted by molar-refractivity contribution is 6.06. The first kappa shape index (κ1) is 17.2. The average Bonchev–Trinajstić information content (AvgIpc) is 3.30. The minimum absolute atomic E-state index is 0.134. The third kappa shape index (κ3) is 3.17. The topological polar surface area (TPSA) is 73.4 Å². The Kier molecular flexibility index (Phi) is 4.60. The number of nitrogens with zero attached hydrogens (tertiary/aromatic N) is 4. The molecule has 3 aromatic heterocycles. The van der Waals surface area contributed by atoms with Crippen molar-refractivity contribution in [1.82, 2.24) is 24.5 Å². The van der Waals surface area contributed by atoms with E-state index in [4.69, 9.17) is 4.74 Å². The number of rotatable bonds is 6. The molecule has 0 unspecified atom stereocenters. The fraction of sp³-hybridized carbons (Fsp3) is 0.250. The number of aromatic nitrogens is 4. The van der Waals surface area contributed by atoms with Crippen molar-refractivity contribution >= 4 is 22.5 Å². The van der Waals surface area contributed by atoms with E-state index in [0.29, 0.717) is 18.0 Å². The second-order valence-electron chi connectivity index (χ2n) is 6.42. The first-order chi connectivity index (χ1) is 13.2. The number of benzene rings is 1. The zero-order valence-electron chi connectivity index (χ0n) is 15.3. The van der Waals surface area contributed by atoms with Gasteiger partial charge in [0.2, 0.25) is 0 Å². The van der Waals surface area contributed by atoms with E-state index < -0.39 is 0 Å². The van der Waals surface area contributed by atoms with E-state index in [1.807, 2.05) is 66.2 Å². The average molecular weight is 363 g/mol. The fourth-order valence-electron chi connectivity index (χ4n) is 3.30. The maximum absolute atomic E-state index is 12.9. The standard InChI is InChI=1S/C20H21N5O2/c1-14(19-23-22-18-8-3-4-10-25(18)19)21-20(26)16-6-5-7-17-15(16)9-11-24(17)12-13-27-2/h3-11,14H,12-13H2,1-2H3,(H,21,26)/t14-/m0/s1. The van der Waals surface area contributed by atoms with Crippen molar-refractivity contribution < 1.29 is 9.53 Å². The molecule has 138 valence electrons. The lowest BCUT2D eigenvalue weighted by molar-refractivity contribution is 0.0940. The Morgan fingerprint density at radius 2 is 2.04 bits per heavy atom. The van der Waals surface area contributed by atoms with Crippen LogP contribution in [0.25, 0.3) is 16.6 Å². The molecule has 4 rings (SSSR count). The van der Waals surface area contributed by atoms with Crippen LogP contribution in [0.15, 0.2) is 54.9 Å². The summed E-state index contributed by atoms with van der Waals surface area (Å²) < 4.78 is 9.13. The number of carbonyl (C=O) groups is 1. The molecule has 1 amide bonds. The van der Waals surface area contributed by atoms with Crippen molar-refractivity contribution in [3.63, 3.8) is 0 Å². The van der Waals surface area contributed by atoms with Gasteiger partial charge >= 0.3 is 0 Å². The second-order valence-corrected chi connectivity index (χ2v) is 6.42. The summed E-state index contributed by atoms with van der Waals surface area (Å²) in [7, 11) is 1.68. The molecule has 0 aliphatic carbocycles. The van der Waals surface area contributed by atoms with Gasteiger partial charge in [0.15, 0.2) is 11.5 Å². The molecule has 0 spiro atoms. The Bertz CT molecular complexity index is 1100. The molecule has 0 fully saturated rings. The molecule has 1 atom stereocenters. The van der Waals surface area contributed by atoms with Crippen molar-refractivity contribution in [2.45, 2.75) is 19.5 Å². The van der Waals surface area contributed by atoms with E-state index in [2.05, 4.69) is 20.1 Å². The summed E-state index contributed by atoms with van der Waals surface area (Å²) in [6.45, 7) is 3.27. The van der Waals surface area contributed by atoms with Crippen LogP contribution in [0.1, 0.15) is 29.1 Å². The summed E-state index contributed by atoms with van der Waals surface area (Å²) in [6, 6.07) is 13.2. The molecule has 1 aromatic carbocycles. The van der Waals surface area contributed by atoms with E-state index in [0.717, 1.165) is 23.1 Å². The van der Waals surface area contributed by atoms with Gasteiger partial charge in [-0.3, -0.25) is 9.20 Å². The Morgan fingerprint density at radius 3 is 2.89 bits per heavy atom. The zero-order chi connectivity index (χ0) is 18.8. The lowest BCUT2D eigenvalue weighted by Gasteiger charge is -2.13. The maximum Gasteiger partial charge on any atom is 0.252 e. The smallest absolute Gasteiger partial charge is 0.252 e. The Balaban J connectivity index is 1.60. The predicted molar refractivity (Wildman–Crippen MR) is 103 cm³/mol. The van der Waals surface area contributed by atoms with Crippen LogP contribution in [0.3, 0.4) is 0 Å². The van der Waals surface area contributed by atoms with E-state index in [-0.39, 0.29) is 11.9 Å². The van der Waals surface area contributed by atoms with Crippen LogP contribution in [0.5, 0.6) is 0 Å². The molecule has 7 heteroatoms. The number of amides is 1. The van der Waals surface area contributed by atoms with Gasteiger partial charge in [-0.2, -0.15) is 0 Å². The van der Waals surface area contributed by atoms with E-state index in [1.165, 1.54) is 0 Å². The minimum atomic E-state index is -0.277. The van der Waals surface area contributed by atoms with Crippen LogP contribution in [-0.4, -0.2) is 38.8 Å². The highest BCUT2D eigenvalue weighted by Gasteiger charge is 2.18. The van der Waals surface area contributed by atoms with Crippen LogP contribution in [0.2, 0.25) is 0 Å². The quantitative estimate of drug-likeness (QED) is 0.572. The summed E-state index contributed by atoms with van der Waals surface area (Å²) in [5.74, 6) is 0.564. The Labute approximate surface area is 156 Å². The van der Waals surface area contributed by atoms with Crippen LogP contribution in [-0.2, 0) is 11.3 Å². The van der Waals surface area contributed by atoms with Gasteiger partial charge in [0, 0.05) is 42.5 Å². The van der Waals surface area contributed by atoms with Crippen molar-refractivity contribution in [3.05, 3.63) is 66.2 Å². The molecule has 27 heavy (non-hydrogen) atoms. The van der Waals surface area contributed by atoms with Gasteiger partial charge < -0.3 is 14.6 Å². The van der Waals surface area contributed by atoms with Gasteiger partial charge in [0.1, 0.15) is 0 Å². The van der Waals surface area contributed by atoms with Crippen LogP contribution >= 0.6 is 0 Å². The largest absolute Gasteiger partial charge is 0.383 e. The normalized spacial score (nSPS) is 12.5. The highest BCUT2D eigenvalue weighted by Crippen LogP contribution is 2.21. The number of pyridine rings is 1. The predicted octanol–water partition coefficient (Wildman–Crippen LogP) is 2.82. The third-order valence-electron chi connectivity index (χ3n) is 4.67. The van der Waals surface area contributed by atoms with Crippen molar-refractivity contribution in [1.29, 1.82) is 0 Å². The number of hydrogen-bond acceptors (Lipinski definition) is 4. The monoisotopic (exact) mass is 363 g/mol. The molecule has 3 heterocycles. The number of fused-ring (bicyclic) bond motifs is 2. The molecule has 0 aliphatic rings. The van der Waals surface area contributed by atoms with E-state index in [9.17, 15) is 4.79 Å². The molecule has 0 radical (unpaired) electrons. The van der Waals surface area contributed by atoms with Crippen molar-refractivity contribution in [3.8, 4) is 0 Å². The number of hydrogen-bond donors (Lipinski definition) is 1. The maximum atomic E-state index is 12.9. The van der Waals surface area contributed by atoms with E-state index in [1.54, 1.807) is 7.11 Å². The van der Waals surface area contributed by atoms with Gasteiger partial charge in [-0.1, -0.05) is 12.1 Å². The van der Waals surface area contributed by atoms with Crippen LogP contribution in [0, 0.1) is 0 Å². The van der Waals surface area contributed by atoms with Gasteiger partial charge in [0.25, 0.3) is 5.91 Å².